The maximum absolute atomic E-state index is 13.6. The fourth-order valence-electron chi connectivity index (χ4n) is 3.91. The van der Waals surface area contributed by atoms with E-state index < -0.39 is 5.69 Å². The molecule has 0 fully saturated rings. The summed E-state index contributed by atoms with van der Waals surface area (Å²) in [5, 5.41) is 0. The van der Waals surface area contributed by atoms with Gasteiger partial charge in [0, 0.05) is 6.54 Å². The Morgan fingerprint density at radius 3 is 1.97 bits per heavy atom. The monoisotopic (exact) mass is 422 g/mol. The van der Waals surface area contributed by atoms with Gasteiger partial charge in [-0.1, -0.05) is 78.4 Å². The zero-order valence-corrected chi connectivity index (χ0v) is 17.7. The van der Waals surface area contributed by atoms with Gasteiger partial charge in [-0.05, 0) is 30.2 Å². The summed E-state index contributed by atoms with van der Waals surface area (Å²) in [6.07, 6.45) is 1.63. The molecule has 0 N–H and O–H groups in total. The summed E-state index contributed by atoms with van der Waals surface area (Å²) in [5.74, 6) is 0. The van der Waals surface area contributed by atoms with E-state index in [1.807, 2.05) is 96.4 Å². The van der Waals surface area contributed by atoms with Crippen LogP contribution in [0.4, 0.5) is 0 Å². The minimum Gasteiger partial charge on any atom is -0.320 e. The standard InChI is InChI=1S/C26H22N4O2/c1-19-12-14-22(15-13-19)30-24-23(28(18-27-24)16-20-8-4-2-5-9-20)25(31)29(26(30)32)17-21-10-6-3-7-11-21/h2-15,18H,16-17H2,1H3. The molecule has 0 atom stereocenters. The Balaban J connectivity index is 1.77. The van der Waals surface area contributed by atoms with E-state index in [0.717, 1.165) is 16.7 Å². The van der Waals surface area contributed by atoms with Gasteiger partial charge in [-0.25, -0.2) is 14.3 Å². The van der Waals surface area contributed by atoms with Crippen LogP contribution in [0.2, 0.25) is 0 Å². The van der Waals surface area contributed by atoms with E-state index >= 15 is 0 Å². The van der Waals surface area contributed by atoms with Gasteiger partial charge in [0.25, 0.3) is 5.56 Å². The average Bonchev–Trinajstić information content (AvgIpc) is 3.22. The molecule has 0 spiro atoms. The fraction of sp³-hybridized carbons (Fsp3) is 0.115. The predicted octanol–water partition coefficient (Wildman–Crippen LogP) is 3.75. The highest BCUT2D eigenvalue weighted by Gasteiger charge is 2.19. The highest BCUT2D eigenvalue weighted by molar-refractivity contribution is 5.72. The number of aryl methyl sites for hydroxylation is 1. The molecule has 6 heteroatoms. The molecule has 2 heterocycles. The summed E-state index contributed by atoms with van der Waals surface area (Å²) in [4.78, 5) is 31.6. The van der Waals surface area contributed by atoms with Gasteiger partial charge in [-0.3, -0.25) is 9.36 Å². The van der Waals surface area contributed by atoms with Crippen molar-refractivity contribution in [1.82, 2.24) is 18.7 Å². The molecule has 0 radical (unpaired) electrons. The van der Waals surface area contributed by atoms with Gasteiger partial charge < -0.3 is 4.57 Å². The Bertz CT molecular complexity index is 1500. The average molecular weight is 422 g/mol. The van der Waals surface area contributed by atoms with E-state index in [1.165, 1.54) is 9.13 Å². The van der Waals surface area contributed by atoms with Crippen LogP contribution in [0.15, 0.2) is 101 Å². The van der Waals surface area contributed by atoms with Crippen molar-refractivity contribution in [3.63, 3.8) is 0 Å². The molecule has 0 bridgehead atoms. The molecule has 3 aromatic carbocycles. The third-order valence-electron chi connectivity index (χ3n) is 5.57. The van der Waals surface area contributed by atoms with Crippen molar-refractivity contribution in [1.29, 1.82) is 0 Å². The van der Waals surface area contributed by atoms with Crippen molar-refractivity contribution in [2.24, 2.45) is 0 Å². The smallest absolute Gasteiger partial charge is 0.320 e. The highest BCUT2D eigenvalue weighted by Crippen LogP contribution is 2.15. The Morgan fingerprint density at radius 2 is 1.34 bits per heavy atom. The summed E-state index contributed by atoms with van der Waals surface area (Å²) in [6, 6.07) is 27.1. The maximum Gasteiger partial charge on any atom is 0.337 e. The molecule has 0 aliphatic heterocycles. The number of fused-ring (bicyclic) bond motifs is 1. The first-order valence-electron chi connectivity index (χ1n) is 10.5. The van der Waals surface area contributed by atoms with Crippen LogP contribution >= 0.6 is 0 Å². The lowest BCUT2D eigenvalue weighted by molar-refractivity contribution is 0.677. The molecule has 5 aromatic rings. The summed E-state index contributed by atoms with van der Waals surface area (Å²) < 4.78 is 4.64. The molecular weight excluding hydrogens is 400 g/mol. The van der Waals surface area contributed by atoms with Crippen molar-refractivity contribution in [3.8, 4) is 5.69 Å². The minimum atomic E-state index is -0.403. The van der Waals surface area contributed by atoms with E-state index in [-0.39, 0.29) is 12.1 Å². The second-order valence-electron chi connectivity index (χ2n) is 7.86. The van der Waals surface area contributed by atoms with Crippen LogP contribution in [0, 0.1) is 6.92 Å². The number of aromatic nitrogens is 4. The molecule has 0 saturated carbocycles. The van der Waals surface area contributed by atoms with E-state index in [1.54, 1.807) is 6.33 Å². The zero-order valence-electron chi connectivity index (χ0n) is 17.7. The van der Waals surface area contributed by atoms with Crippen LogP contribution in [-0.4, -0.2) is 18.7 Å². The second kappa shape index (κ2) is 8.15. The molecule has 32 heavy (non-hydrogen) atoms. The van der Waals surface area contributed by atoms with Crippen molar-refractivity contribution in [2.75, 3.05) is 0 Å². The second-order valence-corrected chi connectivity index (χ2v) is 7.86. The van der Waals surface area contributed by atoms with Gasteiger partial charge in [0.2, 0.25) is 0 Å². The summed E-state index contributed by atoms with van der Waals surface area (Å²) in [7, 11) is 0. The van der Waals surface area contributed by atoms with Gasteiger partial charge in [0.15, 0.2) is 11.2 Å². The lowest BCUT2D eigenvalue weighted by Crippen LogP contribution is -2.40. The predicted molar refractivity (Wildman–Crippen MR) is 125 cm³/mol. The van der Waals surface area contributed by atoms with Gasteiger partial charge in [0.1, 0.15) is 0 Å². The van der Waals surface area contributed by atoms with Gasteiger partial charge >= 0.3 is 5.69 Å². The van der Waals surface area contributed by atoms with Crippen molar-refractivity contribution >= 4 is 11.2 Å². The van der Waals surface area contributed by atoms with Crippen LogP contribution in [0.1, 0.15) is 16.7 Å². The summed E-state index contributed by atoms with van der Waals surface area (Å²) in [6.45, 7) is 2.67. The number of nitrogens with zero attached hydrogens (tertiary/aromatic N) is 4. The third kappa shape index (κ3) is 3.56. The molecule has 0 aliphatic carbocycles. The summed E-state index contributed by atoms with van der Waals surface area (Å²) in [5.41, 5.74) is 3.73. The lowest BCUT2D eigenvalue weighted by Gasteiger charge is -2.13. The van der Waals surface area contributed by atoms with Crippen LogP contribution in [-0.2, 0) is 13.1 Å². The first-order valence-corrected chi connectivity index (χ1v) is 10.5. The minimum absolute atomic E-state index is 0.191. The van der Waals surface area contributed by atoms with Crippen LogP contribution in [0.25, 0.3) is 16.9 Å². The maximum atomic E-state index is 13.6. The number of imidazole rings is 1. The van der Waals surface area contributed by atoms with E-state index in [0.29, 0.717) is 23.4 Å². The van der Waals surface area contributed by atoms with Crippen molar-refractivity contribution in [2.45, 2.75) is 20.0 Å². The Hall–Kier alpha value is -4.19. The number of hydrogen-bond donors (Lipinski definition) is 0. The number of hydrogen-bond acceptors (Lipinski definition) is 3. The van der Waals surface area contributed by atoms with E-state index in [2.05, 4.69) is 4.98 Å². The highest BCUT2D eigenvalue weighted by atomic mass is 16.2. The Morgan fingerprint density at radius 1 is 0.750 bits per heavy atom. The lowest BCUT2D eigenvalue weighted by atomic mass is 10.2. The van der Waals surface area contributed by atoms with E-state index in [9.17, 15) is 9.59 Å². The molecule has 5 rings (SSSR count). The van der Waals surface area contributed by atoms with Crippen LogP contribution in [0.5, 0.6) is 0 Å². The zero-order chi connectivity index (χ0) is 22.1. The normalized spacial score (nSPS) is 11.2. The first kappa shape index (κ1) is 19.8. The van der Waals surface area contributed by atoms with Gasteiger partial charge in [-0.15, -0.1) is 0 Å². The summed E-state index contributed by atoms with van der Waals surface area (Å²) >= 11 is 0. The Labute approximate surface area is 184 Å². The number of rotatable bonds is 5. The fourth-order valence-corrected chi connectivity index (χ4v) is 3.91. The van der Waals surface area contributed by atoms with E-state index in [4.69, 9.17) is 0 Å². The first-order chi connectivity index (χ1) is 15.6. The van der Waals surface area contributed by atoms with Gasteiger partial charge in [0.05, 0.1) is 18.6 Å². The molecule has 0 saturated heterocycles. The molecule has 6 nitrogen and oxygen atoms in total. The molecular formula is C26H22N4O2. The van der Waals surface area contributed by atoms with Crippen molar-refractivity contribution < 1.29 is 0 Å². The number of benzene rings is 3. The molecule has 2 aromatic heterocycles. The van der Waals surface area contributed by atoms with Gasteiger partial charge in [-0.2, -0.15) is 0 Å². The van der Waals surface area contributed by atoms with Crippen molar-refractivity contribution in [3.05, 3.63) is 129 Å². The third-order valence-corrected chi connectivity index (χ3v) is 5.57. The SMILES string of the molecule is Cc1ccc(-n2c(=O)n(Cc3ccccc3)c(=O)c3c2ncn3Cc2ccccc2)cc1. The topological polar surface area (TPSA) is 61.8 Å². The molecule has 0 amide bonds. The molecule has 158 valence electrons. The molecule has 0 aliphatic rings. The Kier molecular flexibility index (Phi) is 5.03. The molecule has 0 unspecified atom stereocenters. The quantitative estimate of drug-likeness (QED) is 0.433. The largest absolute Gasteiger partial charge is 0.337 e. The van der Waals surface area contributed by atoms with Crippen LogP contribution < -0.4 is 11.2 Å². The van der Waals surface area contributed by atoms with Crippen LogP contribution in [0.3, 0.4) is 0 Å².